The molecule has 0 aliphatic rings. The van der Waals surface area contributed by atoms with Gasteiger partial charge in [0.05, 0.1) is 11.9 Å². The first kappa shape index (κ1) is 17.0. The maximum absolute atomic E-state index is 11.9. The monoisotopic (exact) mass is 313 g/mol. The van der Waals surface area contributed by atoms with E-state index in [2.05, 4.69) is 10.4 Å². The second kappa shape index (κ2) is 7.74. The number of benzene rings is 1. The molecular formula is C18H23N3O2. The van der Waals surface area contributed by atoms with E-state index in [9.17, 15) is 4.79 Å². The van der Waals surface area contributed by atoms with Gasteiger partial charge in [-0.05, 0) is 30.0 Å². The lowest BCUT2D eigenvalue weighted by Gasteiger charge is -2.23. The van der Waals surface area contributed by atoms with Crippen LogP contribution in [0.15, 0.2) is 48.8 Å². The zero-order valence-electron chi connectivity index (χ0n) is 13.6. The Morgan fingerprint density at radius 2 is 2.09 bits per heavy atom. The lowest BCUT2D eigenvalue weighted by Crippen LogP contribution is -2.33. The maximum Gasteiger partial charge on any atom is 0.244 e. The molecule has 0 radical (unpaired) electrons. The SMILES string of the molecule is CC(C)(CCO)CNC(=O)/C=C/c1cnn(-c2ccccc2)c1. The number of rotatable bonds is 7. The molecule has 1 amide bonds. The molecule has 1 aromatic heterocycles. The standard InChI is InChI=1S/C18H23N3O2/c1-18(2,10-11-22)14-19-17(23)9-8-15-12-20-21(13-15)16-6-4-3-5-7-16/h3-9,12-13,22H,10-11,14H2,1-2H3,(H,19,23)/b9-8+. The number of hydrogen-bond donors (Lipinski definition) is 2. The van der Waals surface area contributed by atoms with Crippen molar-refractivity contribution in [3.63, 3.8) is 0 Å². The van der Waals surface area contributed by atoms with Crippen molar-refractivity contribution in [2.45, 2.75) is 20.3 Å². The van der Waals surface area contributed by atoms with Crippen molar-refractivity contribution in [3.8, 4) is 5.69 Å². The topological polar surface area (TPSA) is 67.2 Å². The smallest absolute Gasteiger partial charge is 0.244 e. The molecule has 1 aromatic carbocycles. The van der Waals surface area contributed by atoms with Crippen LogP contribution in [-0.4, -0.2) is 33.9 Å². The second-order valence-electron chi connectivity index (χ2n) is 6.24. The average molecular weight is 313 g/mol. The van der Waals surface area contributed by atoms with Crippen molar-refractivity contribution in [3.05, 3.63) is 54.4 Å². The molecule has 0 unspecified atom stereocenters. The first-order valence-electron chi connectivity index (χ1n) is 7.67. The van der Waals surface area contributed by atoms with Crippen LogP contribution in [-0.2, 0) is 4.79 Å². The highest BCUT2D eigenvalue weighted by atomic mass is 16.3. The van der Waals surface area contributed by atoms with E-state index < -0.39 is 0 Å². The molecule has 2 rings (SSSR count). The van der Waals surface area contributed by atoms with Crippen LogP contribution in [0.3, 0.4) is 0 Å². The summed E-state index contributed by atoms with van der Waals surface area (Å²) in [6.07, 6.45) is 7.48. The molecule has 5 nitrogen and oxygen atoms in total. The summed E-state index contributed by atoms with van der Waals surface area (Å²) in [7, 11) is 0. The van der Waals surface area contributed by atoms with Crippen molar-refractivity contribution in [1.82, 2.24) is 15.1 Å². The average Bonchev–Trinajstić information content (AvgIpc) is 3.01. The highest BCUT2D eigenvalue weighted by Gasteiger charge is 2.17. The van der Waals surface area contributed by atoms with Gasteiger partial charge in [0.1, 0.15) is 0 Å². The molecule has 0 atom stereocenters. The maximum atomic E-state index is 11.9. The number of aliphatic hydroxyl groups is 1. The van der Waals surface area contributed by atoms with Crippen molar-refractivity contribution in [1.29, 1.82) is 0 Å². The third kappa shape index (κ3) is 5.38. The van der Waals surface area contributed by atoms with Crippen molar-refractivity contribution >= 4 is 12.0 Å². The summed E-state index contributed by atoms with van der Waals surface area (Å²) in [5.41, 5.74) is 1.72. The van der Waals surface area contributed by atoms with Crippen LogP contribution in [0, 0.1) is 5.41 Å². The number of hydrogen-bond acceptors (Lipinski definition) is 3. The summed E-state index contributed by atoms with van der Waals surface area (Å²) in [5.74, 6) is -0.150. The Bertz CT molecular complexity index is 660. The minimum Gasteiger partial charge on any atom is -0.396 e. The Hall–Kier alpha value is -2.40. The van der Waals surface area contributed by atoms with Gasteiger partial charge in [-0.25, -0.2) is 4.68 Å². The Morgan fingerprint density at radius 3 is 2.78 bits per heavy atom. The van der Waals surface area contributed by atoms with Gasteiger partial charge in [-0.1, -0.05) is 32.0 Å². The normalized spacial score (nSPS) is 11.8. The van der Waals surface area contributed by atoms with Crippen LogP contribution in [0.5, 0.6) is 0 Å². The van der Waals surface area contributed by atoms with Crippen LogP contribution < -0.4 is 5.32 Å². The van der Waals surface area contributed by atoms with Gasteiger partial charge < -0.3 is 10.4 Å². The van der Waals surface area contributed by atoms with Crippen LogP contribution in [0.1, 0.15) is 25.8 Å². The number of nitrogens with one attached hydrogen (secondary N) is 1. The van der Waals surface area contributed by atoms with Gasteiger partial charge in [0.15, 0.2) is 0 Å². The first-order chi connectivity index (χ1) is 11.0. The number of carbonyl (C=O) groups excluding carboxylic acids is 1. The second-order valence-corrected chi connectivity index (χ2v) is 6.24. The zero-order valence-corrected chi connectivity index (χ0v) is 13.6. The molecule has 23 heavy (non-hydrogen) atoms. The largest absolute Gasteiger partial charge is 0.396 e. The number of nitrogens with zero attached hydrogens (tertiary/aromatic N) is 2. The van der Waals surface area contributed by atoms with E-state index in [0.717, 1.165) is 11.3 Å². The first-order valence-corrected chi connectivity index (χ1v) is 7.67. The molecule has 0 aliphatic heterocycles. The van der Waals surface area contributed by atoms with E-state index in [4.69, 9.17) is 5.11 Å². The van der Waals surface area contributed by atoms with Gasteiger partial charge in [0, 0.05) is 31.0 Å². The van der Waals surface area contributed by atoms with Crippen LogP contribution in [0.4, 0.5) is 0 Å². The molecular weight excluding hydrogens is 290 g/mol. The molecule has 0 spiro atoms. The number of aliphatic hydroxyl groups excluding tert-OH is 1. The molecule has 122 valence electrons. The molecule has 0 saturated heterocycles. The highest BCUT2D eigenvalue weighted by Crippen LogP contribution is 2.17. The minimum absolute atomic E-state index is 0.115. The molecule has 0 bridgehead atoms. The fourth-order valence-electron chi connectivity index (χ4n) is 2.09. The van der Waals surface area contributed by atoms with E-state index in [-0.39, 0.29) is 17.9 Å². The minimum atomic E-state index is -0.150. The fraction of sp³-hybridized carbons (Fsp3) is 0.333. The van der Waals surface area contributed by atoms with Gasteiger partial charge in [0.25, 0.3) is 0 Å². The van der Waals surface area contributed by atoms with Gasteiger partial charge in [-0.15, -0.1) is 0 Å². The van der Waals surface area contributed by atoms with E-state index in [0.29, 0.717) is 13.0 Å². The number of carbonyl (C=O) groups is 1. The summed E-state index contributed by atoms with van der Waals surface area (Å²) in [5, 5.41) is 16.1. The van der Waals surface area contributed by atoms with E-state index in [1.54, 1.807) is 17.0 Å². The van der Waals surface area contributed by atoms with E-state index in [1.165, 1.54) is 6.08 Å². The van der Waals surface area contributed by atoms with E-state index >= 15 is 0 Å². The summed E-state index contributed by atoms with van der Waals surface area (Å²) in [6.45, 7) is 4.67. The van der Waals surface area contributed by atoms with Crippen molar-refractivity contribution in [2.75, 3.05) is 13.2 Å². The van der Waals surface area contributed by atoms with Crippen molar-refractivity contribution in [2.24, 2.45) is 5.41 Å². The van der Waals surface area contributed by atoms with E-state index in [1.807, 2.05) is 50.4 Å². The molecule has 0 fully saturated rings. The highest BCUT2D eigenvalue weighted by molar-refractivity contribution is 5.91. The summed E-state index contributed by atoms with van der Waals surface area (Å²) >= 11 is 0. The Labute approximate surface area is 136 Å². The number of amides is 1. The summed E-state index contributed by atoms with van der Waals surface area (Å²) in [6, 6.07) is 9.80. The quantitative estimate of drug-likeness (QED) is 0.771. The molecule has 2 aromatic rings. The third-order valence-electron chi connectivity index (χ3n) is 3.58. The predicted octanol–water partition coefficient (Wildman–Crippen LogP) is 2.41. The number of para-hydroxylation sites is 1. The van der Waals surface area contributed by atoms with Crippen LogP contribution in [0.2, 0.25) is 0 Å². The van der Waals surface area contributed by atoms with Crippen LogP contribution >= 0.6 is 0 Å². The Kier molecular flexibility index (Phi) is 5.71. The predicted molar refractivity (Wildman–Crippen MR) is 91.1 cm³/mol. The third-order valence-corrected chi connectivity index (χ3v) is 3.58. The lowest BCUT2D eigenvalue weighted by molar-refractivity contribution is -0.116. The fourth-order valence-corrected chi connectivity index (χ4v) is 2.09. The Balaban J connectivity index is 1.91. The van der Waals surface area contributed by atoms with Gasteiger partial charge in [-0.3, -0.25) is 4.79 Å². The Morgan fingerprint density at radius 1 is 1.35 bits per heavy atom. The molecule has 2 N–H and O–H groups in total. The van der Waals surface area contributed by atoms with Crippen molar-refractivity contribution < 1.29 is 9.90 Å². The number of aromatic nitrogens is 2. The lowest BCUT2D eigenvalue weighted by atomic mass is 9.90. The van der Waals surface area contributed by atoms with Gasteiger partial charge in [0.2, 0.25) is 5.91 Å². The summed E-state index contributed by atoms with van der Waals surface area (Å²) < 4.78 is 1.77. The van der Waals surface area contributed by atoms with Crippen LogP contribution in [0.25, 0.3) is 11.8 Å². The molecule has 1 heterocycles. The summed E-state index contributed by atoms with van der Waals surface area (Å²) in [4.78, 5) is 11.9. The van der Waals surface area contributed by atoms with Gasteiger partial charge in [-0.2, -0.15) is 5.10 Å². The van der Waals surface area contributed by atoms with Gasteiger partial charge >= 0.3 is 0 Å². The molecule has 0 aliphatic carbocycles. The molecule has 0 saturated carbocycles. The molecule has 5 heteroatoms. The zero-order chi connectivity index (χ0) is 16.7.